The third-order valence-corrected chi connectivity index (χ3v) is 4.18. The summed E-state index contributed by atoms with van der Waals surface area (Å²) in [5.74, 6) is -0.612. The summed E-state index contributed by atoms with van der Waals surface area (Å²) in [6, 6.07) is 6.12. The quantitative estimate of drug-likeness (QED) is 0.222. The number of carbonyl (C=O) groups excluding carboxylic acids is 3. The van der Waals surface area contributed by atoms with Gasteiger partial charge in [0, 0.05) is 12.0 Å². The minimum atomic E-state index is -1.34. The Morgan fingerprint density at radius 1 is 1.55 bits per heavy atom. The first kappa shape index (κ1) is 14.9. The summed E-state index contributed by atoms with van der Waals surface area (Å²) >= 11 is 2.00. The van der Waals surface area contributed by atoms with E-state index >= 15 is 0 Å². The molecule has 7 heteroatoms. The lowest BCUT2D eigenvalue weighted by molar-refractivity contribution is -0.132. The molecule has 2 rings (SSSR count). The highest BCUT2D eigenvalue weighted by molar-refractivity contribution is 14.1. The first-order chi connectivity index (χ1) is 9.51. The van der Waals surface area contributed by atoms with Gasteiger partial charge in [-0.3, -0.25) is 14.4 Å². The second-order valence-corrected chi connectivity index (χ2v) is 5.82. The second-order valence-electron chi connectivity index (χ2n) is 4.48. The van der Waals surface area contributed by atoms with Crippen molar-refractivity contribution >= 4 is 40.7 Å². The molecule has 1 aliphatic rings. The second kappa shape index (κ2) is 6.31. The van der Waals surface area contributed by atoms with Gasteiger partial charge >= 0.3 is 0 Å². The Kier molecular flexibility index (Phi) is 4.71. The van der Waals surface area contributed by atoms with Crippen LogP contribution in [0, 0.1) is 0 Å². The van der Waals surface area contributed by atoms with Crippen LogP contribution in [0.1, 0.15) is 28.4 Å². The third kappa shape index (κ3) is 3.34. The number of amides is 2. The zero-order valence-corrected chi connectivity index (χ0v) is 12.5. The van der Waals surface area contributed by atoms with Crippen LogP contribution in [-0.4, -0.2) is 33.3 Å². The highest BCUT2D eigenvalue weighted by Crippen LogP contribution is 2.18. The molecule has 0 aliphatic carbocycles. The average molecular weight is 388 g/mol. The summed E-state index contributed by atoms with van der Waals surface area (Å²) in [6.07, 6.45) is -0.327. The number of aliphatic hydroxyl groups excluding tert-OH is 1. The van der Waals surface area contributed by atoms with E-state index in [2.05, 4.69) is 10.6 Å². The molecule has 0 radical (unpaired) electrons. The molecule has 3 unspecified atom stereocenters. The minimum absolute atomic E-state index is 0.0508. The van der Waals surface area contributed by atoms with Crippen LogP contribution in [0.15, 0.2) is 24.3 Å². The van der Waals surface area contributed by atoms with Crippen LogP contribution >= 0.6 is 22.6 Å². The van der Waals surface area contributed by atoms with E-state index in [1.807, 2.05) is 22.6 Å². The van der Waals surface area contributed by atoms with Gasteiger partial charge in [0.2, 0.25) is 5.91 Å². The van der Waals surface area contributed by atoms with Gasteiger partial charge in [-0.25, -0.2) is 0 Å². The number of nitrogens with one attached hydrogen (secondary N) is 2. The molecular formula is C13H13IN2O4. The summed E-state index contributed by atoms with van der Waals surface area (Å²) in [5.41, 5.74) is 0.750. The molecule has 0 spiro atoms. The van der Waals surface area contributed by atoms with Crippen molar-refractivity contribution in [3.63, 3.8) is 0 Å². The summed E-state index contributed by atoms with van der Waals surface area (Å²) in [6.45, 7) is 0. The van der Waals surface area contributed by atoms with Gasteiger partial charge in [0.05, 0.1) is 6.04 Å². The largest absolute Gasteiger partial charge is 0.378 e. The van der Waals surface area contributed by atoms with E-state index in [0.717, 1.165) is 0 Å². The molecule has 3 N–H and O–H groups in total. The number of aliphatic hydroxyl groups is 1. The number of β-lactam (4-membered cyclic amide) rings is 1. The van der Waals surface area contributed by atoms with Crippen molar-refractivity contribution in [2.24, 2.45) is 0 Å². The molecule has 1 aromatic rings. The van der Waals surface area contributed by atoms with E-state index in [0.29, 0.717) is 23.8 Å². The van der Waals surface area contributed by atoms with Gasteiger partial charge in [-0.2, -0.15) is 0 Å². The number of benzene rings is 1. The minimum Gasteiger partial charge on any atom is -0.378 e. The zero-order chi connectivity index (χ0) is 14.7. The van der Waals surface area contributed by atoms with E-state index in [-0.39, 0.29) is 16.0 Å². The van der Waals surface area contributed by atoms with Crippen molar-refractivity contribution in [2.75, 3.05) is 0 Å². The number of rotatable bonds is 5. The number of alkyl halides is 1. The van der Waals surface area contributed by atoms with E-state index < -0.39 is 12.0 Å². The van der Waals surface area contributed by atoms with E-state index in [4.69, 9.17) is 0 Å². The van der Waals surface area contributed by atoms with Crippen molar-refractivity contribution in [1.29, 1.82) is 0 Å². The van der Waals surface area contributed by atoms with Gasteiger partial charge in [0.15, 0.2) is 6.10 Å². The van der Waals surface area contributed by atoms with Crippen molar-refractivity contribution < 1.29 is 19.5 Å². The lowest BCUT2D eigenvalue weighted by Gasteiger charge is -2.31. The Morgan fingerprint density at radius 3 is 2.85 bits per heavy atom. The summed E-state index contributed by atoms with van der Waals surface area (Å²) in [5, 5.41) is 15.3. The molecule has 2 amide bonds. The molecule has 1 heterocycles. The van der Waals surface area contributed by atoms with Crippen LogP contribution in [-0.2, 0) is 9.59 Å². The maximum atomic E-state index is 11.9. The molecule has 6 nitrogen and oxygen atoms in total. The van der Waals surface area contributed by atoms with Crippen molar-refractivity contribution in [1.82, 2.24) is 10.6 Å². The Labute approximate surface area is 129 Å². The number of hydrogen-bond acceptors (Lipinski definition) is 4. The number of hydrogen-bond donors (Lipinski definition) is 3. The monoisotopic (exact) mass is 388 g/mol. The van der Waals surface area contributed by atoms with Crippen molar-refractivity contribution in [2.45, 2.75) is 22.6 Å². The first-order valence-electron chi connectivity index (χ1n) is 5.98. The Morgan fingerprint density at radius 2 is 2.25 bits per heavy atom. The average Bonchev–Trinajstić information content (AvgIpc) is 2.42. The van der Waals surface area contributed by atoms with Gasteiger partial charge < -0.3 is 15.7 Å². The van der Waals surface area contributed by atoms with Gasteiger partial charge in [-0.05, 0) is 11.6 Å². The third-order valence-electron chi connectivity index (χ3n) is 3.00. The fourth-order valence-corrected chi connectivity index (χ4v) is 2.57. The highest BCUT2D eigenvalue weighted by atomic mass is 127. The van der Waals surface area contributed by atoms with Crippen LogP contribution in [0.5, 0.6) is 0 Å². The standard InChI is InChI=1S/C13H13IN2O4/c14-12(9-5-10(18)15-9)16-13(20)11(19)8-3-1-2-7(4-8)6-17/h1-4,6,9,11-12,19H,5H2,(H,15,18)(H,16,20). The van der Waals surface area contributed by atoms with Crippen molar-refractivity contribution in [3.05, 3.63) is 35.4 Å². The predicted octanol–water partition coefficient (Wildman–Crippen LogP) is 0.298. The van der Waals surface area contributed by atoms with Crippen LogP contribution in [0.2, 0.25) is 0 Å². The lowest BCUT2D eigenvalue weighted by atomic mass is 10.0. The predicted molar refractivity (Wildman–Crippen MR) is 79.3 cm³/mol. The molecule has 1 saturated heterocycles. The fraction of sp³-hybridized carbons (Fsp3) is 0.308. The van der Waals surface area contributed by atoms with Gasteiger partial charge in [-0.15, -0.1) is 0 Å². The molecule has 1 aromatic carbocycles. The summed E-state index contributed by atoms with van der Waals surface area (Å²) in [7, 11) is 0. The maximum absolute atomic E-state index is 11.9. The van der Waals surface area contributed by atoms with Crippen LogP contribution < -0.4 is 10.6 Å². The van der Waals surface area contributed by atoms with Crippen LogP contribution in [0.3, 0.4) is 0 Å². The number of halogens is 1. The number of aldehydes is 1. The molecule has 1 aliphatic heterocycles. The van der Waals surface area contributed by atoms with E-state index in [9.17, 15) is 19.5 Å². The van der Waals surface area contributed by atoms with Crippen LogP contribution in [0.25, 0.3) is 0 Å². The summed E-state index contributed by atoms with van der Waals surface area (Å²) in [4.78, 5) is 33.4. The van der Waals surface area contributed by atoms with Crippen molar-refractivity contribution in [3.8, 4) is 0 Å². The fourth-order valence-electron chi connectivity index (χ4n) is 1.83. The van der Waals surface area contributed by atoms with Gasteiger partial charge in [-0.1, -0.05) is 40.8 Å². The molecule has 106 valence electrons. The van der Waals surface area contributed by atoms with Gasteiger partial charge in [0.1, 0.15) is 10.3 Å². The normalized spacial score (nSPS) is 20.3. The topological polar surface area (TPSA) is 95.5 Å². The first-order valence-corrected chi connectivity index (χ1v) is 7.23. The molecule has 0 saturated carbocycles. The molecule has 20 heavy (non-hydrogen) atoms. The molecule has 3 atom stereocenters. The lowest BCUT2D eigenvalue weighted by Crippen LogP contribution is -2.58. The van der Waals surface area contributed by atoms with Crippen LogP contribution in [0.4, 0.5) is 0 Å². The Balaban J connectivity index is 1.97. The summed E-state index contributed by atoms with van der Waals surface area (Å²) < 4.78 is -0.290. The van der Waals surface area contributed by atoms with E-state index in [1.165, 1.54) is 6.07 Å². The molecule has 1 fully saturated rings. The molecule has 0 bridgehead atoms. The van der Waals surface area contributed by atoms with E-state index in [1.54, 1.807) is 18.2 Å². The highest BCUT2D eigenvalue weighted by Gasteiger charge is 2.33. The van der Waals surface area contributed by atoms with Gasteiger partial charge in [0.25, 0.3) is 5.91 Å². The Bertz CT molecular complexity index is 541. The number of carbonyl (C=O) groups is 3. The molecule has 0 aromatic heterocycles. The smallest absolute Gasteiger partial charge is 0.254 e. The maximum Gasteiger partial charge on any atom is 0.254 e. The zero-order valence-electron chi connectivity index (χ0n) is 10.4. The molecular weight excluding hydrogens is 375 g/mol. The Hall–Kier alpha value is -1.48. The SMILES string of the molecule is O=Cc1cccc(C(O)C(=O)NC(I)C2CC(=O)N2)c1.